The van der Waals surface area contributed by atoms with Gasteiger partial charge in [-0.3, -0.25) is 5.10 Å². The monoisotopic (exact) mass is 352 g/mol. The van der Waals surface area contributed by atoms with Gasteiger partial charge in [-0.1, -0.05) is 0 Å². The summed E-state index contributed by atoms with van der Waals surface area (Å²) in [5.41, 5.74) is 2.98. The zero-order valence-electron chi connectivity index (χ0n) is 15.4. The van der Waals surface area contributed by atoms with E-state index in [1.165, 1.54) is 0 Å². The number of nitrogens with one attached hydrogen (secondary N) is 1. The van der Waals surface area contributed by atoms with E-state index in [0.29, 0.717) is 5.92 Å². The van der Waals surface area contributed by atoms with Crippen molar-refractivity contribution in [3.8, 4) is 17.0 Å². The summed E-state index contributed by atoms with van der Waals surface area (Å²) < 4.78 is 11.1. The first-order chi connectivity index (χ1) is 12.6. The van der Waals surface area contributed by atoms with Crippen LogP contribution in [0.5, 0.6) is 5.75 Å². The van der Waals surface area contributed by atoms with Gasteiger partial charge in [0.05, 0.1) is 18.2 Å². The number of H-pyrrole nitrogens is 1. The number of anilines is 1. The van der Waals surface area contributed by atoms with E-state index in [1.807, 2.05) is 44.3 Å². The Labute approximate surface area is 153 Å². The number of aromatic amines is 1. The molecule has 6 heteroatoms. The second-order valence-electron chi connectivity index (χ2n) is 7.08. The van der Waals surface area contributed by atoms with Gasteiger partial charge in [-0.15, -0.1) is 0 Å². The van der Waals surface area contributed by atoms with E-state index in [0.717, 1.165) is 53.4 Å². The number of benzene rings is 1. The Kier molecular flexibility index (Phi) is 4.51. The van der Waals surface area contributed by atoms with Crippen LogP contribution in [0.4, 0.5) is 5.82 Å². The summed E-state index contributed by atoms with van der Waals surface area (Å²) in [7, 11) is 1.75. The molecule has 1 N–H and O–H groups in total. The number of hydrogen-bond donors (Lipinski definition) is 1. The first-order valence-corrected chi connectivity index (χ1v) is 8.99. The summed E-state index contributed by atoms with van der Waals surface area (Å²) in [6.07, 6.45) is 1.99. The molecule has 3 aromatic rings. The minimum Gasteiger partial charge on any atom is -0.491 e. The predicted octanol–water partition coefficient (Wildman–Crippen LogP) is 3.49. The lowest BCUT2D eigenvalue weighted by Gasteiger charge is -2.39. The highest BCUT2D eigenvalue weighted by molar-refractivity contribution is 5.94. The second-order valence-corrected chi connectivity index (χ2v) is 7.08. The number of fused-ring (bicyclic) bond motifs is 1. The molecule has 0 unspecified atom stereocenters. The number of nitrogens with zero attached hydrogens (tertiary/aromatic N) is 3. The third-order valence-electron chi connectivity index (χ3n) is 4.61. The number of hydrogen-bond acceptors (Lipinski definition) is 5. The predicted molar refractivity (Wildman–Crippen MR) is 103 cm³/mol. The van der Waals surface area contributed by atoms with E-state index in [9.17, 15) is 0 Å². The van der Waals surface area contributed by atoms with Crippen molar-refractivity contribution >= 4 is 16.7 Å². The standard InChI is InChI=1S/C20H24N4O2/c1-13(2)26-16-4-5-18-17(9-16)20(23-22-18)15-6-7-21-19(8-15)24-10-14(11-24)12-25-3/h4-9,13-14H,10-12H2,1-3H3,(H,22,23). The van der Waals surface area contributed by atoms with E-state index < -0.39 is 0 Å². The molecule has 2 aromatic heterocycles. The second kappa shape index (κ2) is 6.96. The Morgan fingerprint density at radius 2 is 2.08 bits per heavy atom. The van der Waals surface area contributed by atoms with Crippen molar-refractivity contribution in [2.24, 2.45) is 5.92 Å². The fourth-order valence-electron chi connectivity index (χ4n) is 3.40. The van der Waals surface area contributed by atoms with Gasteiger partial charge in [0.2, 0.25) is 0 Å². The lowest BCUT2D eigenvalue weighted by Crippen LogP contribution is -2.49. The van der Waals surface area contributed by atoms with Crippen molar-refractivity contribution in [3.63, 3.8) is 0 Å². The van der Waals surface area contributed by atoms with Crippen LogP contribution in [-0.4, -0.2) is 48.1 Å². The minimum atomic E-state index is 0.141. The molecule has 0 radical (unpaired) electrons. The van der Waals surface area contributed by atoms with Crippen LogP contribution >= 0.6 is 0 Å². The maximum absolute atomic E-state index is 5.83. The van der Waals surface area contributed by atoms with Gasteiger partial charge in [-0.2, -0.15) is 5.10 Å². The van der Waals surface area contributed by atoms with Crippen LogP contribution in [0.1, 0.15) is 13.8 Å². The normalized spacial score (nSPS) is 14.8. The van der Waals surface area contributed by atoms with Crippen LogP contribution in [0.25, 0.3) is 22.2 Å². The average molecular weight is 352 g/mol. The van der Waals surface area contributed by atoms with Gasteiger partial charge in [0.25, 0.3) is 0 Å². The highest BCUT2D eigenvalue weighted by atomic mass is 16.5. The zero-order valence-corrected chi connectivity index (χ0v) is 15.4. The molecule has 4 rings (SSSR count). The molecule has 0 aliphatic carbocycles. The summed E-state index contributed by atoms with van der Waals surface area (Å²) >= 11 is 0. The number of pyridine rings is 1. The Balaban J connectivity index is 1.62. The SMILES string of the molecule is COCC1CN(c2cc(-c3n[nH]c4ccc(OC(C)C)cc34)ccn2)C1. The minimum absolute atomic E-state index is 0.141. The van der Waals surface area contributed by atoms with Crippen LogP contribution in [0.2, 0.25) is 0 Å². The van der Waals surface area contributed by atoms with Crippen LogP contribution in [-0.2, 0) is 4.74 Å². The molecule has 6 nitrogen and oxygen atoms in total. The van der Waals surface area contributed by atoms with Crippen molar-refractivity contribution in [3.05, 3.63) is 36.5 Å². The molecule has 1 fully saturated rings. The number of aromatic nitrogens is 3. The molecule has 1 aromatic carbocycles. The maximum atomic E-state index is 5.83. The molecular formula is C20H24N4O2. The topological polar surface area (TPSA) is 63.3 Å². The van der Waals surface area contributed by atoms with Gasteiger partial charge in [-0.05, 0) is 44.2 Å². The molecule has 26 heavy (non-hydrogen) atoms. The lowest BCUT2D eigenvalue weighted by atomic mass is 10.0. The van der Waals surface area contributed by atoms with Gasteiger partial charge in [0.1, 0.15) is 17.3 Å². The molecule has 1 aliphatic rings. The van der Waals surface area contributed by atoms with Gasteiger partial charge >= 0.3 is 0 Å². The average Bonchev–Trinajstić information content (AvgIpc) is 3.00. The van der Waals surface area contributed by atoms with Crippen molar-refractivity contribution in [2.45, 2.75) is 20.0 Å². The molecule has 0 bridgehead atoms. The van der Waals surface area contributed by atoms with Crippen molar-refractivity contribution in [2.75, 3.05) is 31.7 Å². The first kappa shape index (κ1) is 16.8. The molecular weight excluding hydrogens is 328 g/mol. The van der Waals surface area contributed by atoms with Crippen molar-refractivity contribution in [1.82, 2.24) is 15.2 Å². The Bertz CT molecular complexity index is 900. The lowest BCUT2D eigenvalue weighted by molar-refractivity contribution is 0.137. The number of rotatable bonds is 6. The Morgan fingerprint density at radius 3 is 2.85 bits per heavy atom. The van der Waals surface area contributed by atoms with E-state index in [2.05, 4.69) is 26.1 Å². The largest absolute Gasteiger partial charge is 0.491 e. The third kappa shape index (κ3) is 3.24. The first-order valence-electron chi connectivity index (χ1n) is 8.99. The quantitative estimate of drug-likeness (QED) is 0.736. The fourth-order valence-corrected chi connectivity index (χ4v) is 3.40. The fraction of sp³-hybridized carbons (Fsp3) is 0.400. The molecule has 0 spiro atoms. The maximum Gasteiger partial charge on any atom is 0.129 e. The Hall–Kier alpha value is -2.60. The zero-order chi connectivity index (χ0) is 18.1. The van der Waals surface area contributed by atoms with Gasteiger partial charge in [-0.25, -0.2) is 4.98 Å². The third-order valence-corrected chi connectivity index (χ3v) is 4.61. The van der Waals surface area contributed by atoms with E-state index in [4.69, 9.17) is 9.47 Å². The van der Waals surface area contributed by atoms with Gasteiger partial charge < -0.3 is 14.4 Å². The summed E-state index contributed by atoms with van der Waals surface area (Å²) in [4.78, 5) is 6.80. The summed E-state index contributed by atoms with van der Waals surface area (Å²) in [5.74, 6) is 2.43. The highest BCUT2D eigenvalue weighted by Crippen LogP contribution is 2.32. The van der Waals surface area contributed by atoms with Crippen molar-refractivity contribution < 1.29 is 9.47 Å². The van der Waals surface area contributed by atoms with Gasteiger partial charge in [0.15, 0.2) is 0 Å². The summed E-state index contributed by atoms with van der Waals surface area (Å²) in [6.45, 7) is 6.83. The summed E-state index contributed by atoms with van der Waals surface area (Å²) in [5, 5.41) is 8.70. The van der Waals surface area contributed by atoms with E-state index in [1.54, 1.807) is 7.11 Å². The summed E-state index contributed by atoms with van der Waals surface area (Å²) in [6, 6.07) is 10.1. The number of methoxy groups -OCH3 is 1. The highest BCUT2D eigenvalue weighted by Gasteiger charge is 2.27. The van der Waals surface area contributed by atoms with Crippen LogP contribution < -0.4 is 9.64 Å². The molecule has 0 amide bonds. The van der Waals surface area contributed by atoms with Crippen LogP contribution in [0, 0.1) is 5.92 Å². The molecule has 1 saturated heterocycles. The van der Waals surface area contributed by atoms with E-state index in [-0.39, 0.29) is 6.10 Å². The molecule has 0 atom stereocenters. The Morgan fingerprint density at radius 1 is 1.23 bits per heavy atom. The molecule has 1 aliphatic heterocycles. The van der Waals surface area contributed by atoms with Gasteiger partial charge in [0, 0.05) is 43.3 Å². The molecule has 0 saturated carbocycles. The molecule has 136 valence electrons. The van der Waals surface area contributed by atoms with Crippen LogP contribution in [0.15, 0.2) is 36.5 Å². The van der Waals surface area contributed by atoms with Crippen LogP contribution in [0.3, 0.4) is 0 Å². The number of ether oxygens (including phenoxy) is 2. The molecule has 3 heterocycles. The van der Waals surface area contributed by atoms with E-state index >= 15 is 0 Å². The van der Waals surface area contributed by atoms with Crippen molar-refractivity contribution in [1.29, 1.82) is 0 Å². The smallest absolute Gasteiger partial charge is 0.129 e.